The minimum Gasteiger partial charge on any atom is -0.364 e. The Labute approximate surface area is 149 Å². The molecule has 1 aromatic carbocycles. The van der Waals surface area contributed by atoms with Gasteiger partial charge in [-0.05, 0) is 48.0 Å². The summed E-state index contributed by atoms with van der Waals surface area (Å²) in [6.07, 6.45) is 1.32. The van der Waals surface area contributed by atoms with Crippen LogP contribution in [-0.4, -0.2) is 39.1 Å². The fourth-order valence-electron chi connectivity index (χ4n) is 2.50. The Morgan fingerprint density at radius 2 is 1.96 bits per heavy atom. The molecular formula is C15H17N7O3S. The predicted molar refractivity (Wildman–Crippen MR) is 93.4 cm³/mol. The number of tetrazole rings is 1. The van der Waals surface area contributed by atoms with Gasteiger partial charge in [0.15, 0.2) is 5.82 Å². The fourth-order valence-corrected chi connectivity index (χ4v) is 3.61. The van der Waals surface area contributed by atoms with Crippen LogP contribution >= 0.6 is 0 Å². The summed E-state index contributed by atoms with van der Waals surface area (Å²) in [5.74, 6) is -0.136. The number of carbonyl (C=O) groups excluding carboxylic acids is 1. The monoisotopic (exact) mass is 375 g/mol. The molecular weight excluding hydrogens is 358 g/mol. The number of rotatable bonds is 5. The number of amides is 1. The first kappa shape index (κ1) is 17.6. The third-order valence-electron chi connectivity index (χ3n) is 3.86. The summed E-state index contributed by atoms with van der Waals surface area (Å²) in [6.45, 7) is 3.61. The van der Waals surface area contributed by atoms with Crippen molar-refractivity contribution in [3.05, 3.63) is 47.5 Å². The van der Waals surface area contributed by atoms with Crippen molar-refractivity contribution in [2.24, 2.45) is 12.8 Å². The first-order valence-corrected chi connectivity index (χ1v) is 9.02. The van der Waals surface area contributed by atoms with Gasteiger partial charge in [-0.15, -0.1) is 5.10 Å². The number of aromatic nitrogens is 5. The molecule has 10 nitrogen and oxygen atoms in total. The average Bonchev–Trinajstić information content (AvgIpc) is 3.15. The molecule has 0 aliphatic carbocycles. The zero-order chi connectivity index (χ0) is 19.1. The number of hydrogen-bond donors (Lipinski definition) is 2. The maximum Gasteiger partial charge on any atom is 0.265 e. The van der Waals surface area contributed by atoms with Crippen LogP contribution in [-0.2, 0) is 17.1 Å². The van der Waals surface area contributed by atoms with Gasteiger partial charge in [0.05, 0.1) is 11.4 Å². The second-order valence-corrected chi connectivity index (χ2v) is 7.46. The highest BCUT2D eigenvalue weighted by atomic mass is 32.2. The van der Waals surface area contributed by atoms with Crippen LogP contribution in [0.1, 0.15) is 21.9 Å². The van der Waals surface area contributed by atoms with Gasteiger partial charge in [-0.1, -0.05) is 6.07 Å². The lowest BCUT2D eigenvalue weighted by Gasteiger charge is -2.11. The van der Waals surface area contributed by atoms with Crippen LogP contribution in [0.15, 0.2) is 35.4 Å². The number of anilines is 1. The molecule has 26 heavy (non-hydrogen) atoms. The lowest BCUT2D eigenvalue weighted by atomic mass is 10.2. The molecule has 0 bridgehead atoms. The Bertz CT molecular complexity index is 1100. The molecule has 3 rings (SSSR count). The number of nitrogens with zero attached hydrogens (tertiary/aromatic N) is 5. The van der Waals surface area contributed by atoms with E-state index < -0.39 is 15.9 Å². The fraction of sp³-hybridized carbons (Fsp3) is 0.200. The van der Waals surface area contributed by atoms with E-state index in [9.17, 15) is 13.2 Å². The number of carbonyl (C=O) groups is 1. The average molecular weight is 375 g/mol. The van der Waals surface area contributed by atoms with Crippen molar-refractivity contribution >= 4 is 21.6 Å². The first-order chi connectivity index (χ1) is 12.2. The van der Waals surface area contributed by atoms with Crippen molar-refractivity contribution in [1.29, 1.82) is 0 Å². The van der Waals surface area contributed by atoms with Gasteiger partial charge in [-0.25, -0.2) is 8.42 Å². The Balaban J connectivity index is 1.97. The number of primary amides is 1. The van der Waals surface area contributed by atoms with Gasteiger partial charge < -0.3 is 10.3 Å². The van der Waals surface area contributed by atoms with Crippen molar-refractivity contribution in [2.45, 2.75) is 18.7 Å². The molecule has 0 spiro atoms. The number of sulfonamides is 1. The molecule has 11 heteroatoms. The molecule has 0 aliphatic rings. The summed E-state index contributed by atoms with van der Waals surface area (Å²) in [5, 5.41) is 11.3. The number of hydrogen-bond acceptors (Lipinski definition) is 6. The smallest absolute Gasteiger partial charge is 0.265 e. The predicted octanol–water partition coefficient (Wildman–Crippen LogP) is 0.517. The molecule has 136 valence electrons. The Morgan fingerprint density at radius 1 is 1.23 bits per heavy atom. The maximum absolute atomic E-state index is 12.6. The van der Waals surface area contributed by atoms with Gasteiger partial charge in [-0.2, -0.15) is 4.68 Å². The van der Waals surface area contributed by atoms with Crippen LogP contribution < -0.4 is 10.5 Å². The van der Waals surface area contributed by atoms with E-state index in [4.69, 9.17) is 5.73 Å². The topological polar surface area (TPSA) is 138 Å². The zero-order valence-corrected chi connectivity index (χ0v) is 15.1. The first-order valence-electron chi connectivity index (χ1n) is 7.54. The lowest BCUT2D eigenvalue weighted by molar-refractivity contribution is 0.0992. The van der Waals surface area contributed by atoms with E-state index in [0.29, 0.717) is 17.2 Å². The second-order valence-electron chi connectivity index (χ2n) is 5.78. The zero-order valence-electron chi connectivity index (χ0n) is 14.3. The van der Waals surface area contributed by atoms with Gasteiger partial charge in [0.1, 0.15) is 10.6 Å². The summed E-state index contributed by atoms with van der Waals surface area (Å²) in [7, 11) is -2.35. The van der Waals surface area contributed by atoms with E-state index >= 15 is 0 Å². The largest absolute Gasteiger partial charge is 0.364 e. The van der Waals surface area contributed by atoms with Crippen LogP contribution in [0, 0.1) is 13.8 Å². The third kappa shape index (κ3) is 3.16. The molecule has 3 N–H and O–H groups in total. The Hall–Kier alpha value is -3.21. The molecule has 0 fully saturated rings. The summed E-state index contributed by atoms with van der Waals surface area (Å²) < 4.78 is 30.6. The van der Waals surface area contributed by atoms with Crippen molar-refractivity contribution < 1.29 is 13.2 Å². The van der Waals surface area contributed by atoms with Gasteiger partial charge in [-0.3, -0.25) is 9.52 Å². The maximum atomic E-state index is 12.6. The Kier molecular flexibility index (Phi) is 4.24. The molecule has 0 saturated heterocycles. The highest BCUT2D eigenvalue weighted by molar-refractivity contribution is 7.92. The van der Waals surface area contributed by atoms with Gasteiger partial charge in [0.2, 0.25) is 0 Å². The molecule has 0 saturated carbocycles. The molecule has 0 aliphatic heterocycles. The van der Waals surface area contributed by atoms with Gasteiger partial charge >= 0.3 is 0 Å². The lowest BCUT2D eigenvalue weighted by Crippen LogP contribution is -2.14. The number of nitrogens with one attached hydrogen (secondary N) is 1. The summed E-state index contributed by atoms with van der Waals surface area (Å²) in [4.78, 5) is 11.3. The molecule has 2 heterocycles. The molecule has 1 amide bonds. The summed E-state index contributed by atoms with van der Waals surface area (Å²) in [5.41, 5.74) is 7.19. The SMILES string of the molecule is Cc1ccc(NS(=O)(=O)c2cc(C(N)=O)n(C)c2)cc1-n1nnnc1C. The van der Waals surface area contributed by atoms with E-state index in [1.165, 1.54) is 21.5 Å². The van der Waals surface area contributed by atoms with Crippen molar-refractivity contribution in [3.63, 3.8) is 0 Å². The van der Waals surface area contributed by atoms with E-state index in [2.05, 4.69) is 20.2 Å². The van der Waals surface area contributed by atoms with E-state index in [0.717, 1.165) is 5.56 Å². The third-order valence-corrected chi connectivity index (χ3v) is 5.21. The molecule has 0 radical (unpaired) electrons. The van der Waals surface area contributed by atoms with Gasteiger partial charge in [0.25, 0.3) is 15.9 Å². The van der Waals surface area contributed by atoms with Crippen LogP contribution in [0.25, 0.3) is 5.69 Å². The van der Waals surface area contributed by atoms with E-state index in [1.807, 2.05) is 6.92 Å². The highest BCUT2D eigenvalue weighted by Crippen LogP contribution is 2.23. The summed E-state index contributed by atoms with van der Waals surface area (Å²) >= 11 is 0. The van der Waals surface area contributed by atoms with Crippen LogP contribution in [0.5, 0.6) is 0 Å². The van der Waals surface area contributed by atoms with Gasteiger partial charge in [0, 0.05) is 13.2 Å². The van der Waals surface area contributed by atoms with Crippen molar-refractivity contribution in [3.8, 4) is 5.69 Å². The number of nitrogens with two attached hydrogens (primary N) is 1. The quantitative estimate of drug-likeness (QED) is 0.667. The second kappa shape index (κ2) is 6.26. The van der Waals surface area contributed by atoms with E-state index in [1.54, 1.807) is 32.2 Å². The number of aryl methyl sites for hydroxylation is 3. The van der Waals surface area contributed by atoms with Crippen molar-refractivity contribution in [1.82, 2.24) is 24.8 Å². The minimum atomic E-state index is -3.90. The van der Waals surface area contributed by atoms with Crippen molar-refractivity contribution in [2.75, 3.05) is 4.72 Å². The molecule has 0 atom stereocenters. The minimum absolute atomic E-state index is 0.0606. The molecule has 2 aromatic heterocycles. The van der Waals surface area contributed by atoms with E-state index in [-0.39, 0.29) is 10.6 Å². The van der Waals surface area contributed by atoms with Crippen LogP contribution in [0.4, 0.5) is 5.69 Å². The van der Waals surface area contributed by atoms with Crippen LogP contribution in [0.2, 0.25) is 0 Å². The highest BCUT2D eigenvalue weighted by Gasteiger charge is 2.20. The van der Waals surface area contributed by atoms with Crippen LogP contribution in [0.3, 0.4) is 0 Å². The Morgan fingerprint density at radius 3 is 2.54 bits per heavy atom. The molecule has 0 unspecified atom stereocenters. The number of benzene rings is 1. The summed E-state index contributed by atoms with van der Waals surface area (Å²) in [6, 6.07) is 6.25. The molecule has 3 aromatic rings. The normalized spacial score (nSPS) is 11.5. The standard InChI is InChI=1S/C15H17N7O3S/c1-9-4-5-11(6-13(9)22-10(2)17-19-20-22)18-26(24,25)12-7-14(15(16)23)21(3)8-12/h4-8,18H,1-3H3,(H2,16,23).